The van der Waals surface area contributed by atoms with E-state index in [9.17, 15) is 9.59 Å². The fourth-order valence-corrected chi connectivity index (χ4v) is 1.66. The average molecular weight is 251 g/mol. The summed E-state index contributed by atoms with van der Waals surface area (Å²) >= 11 is 0. The lowest BCUT2D eigenvalue weighted by molar-refractivity contribution is -0.137. The van der Waals surface area contributed by atoms with E-state index in [-0.39, 0.29) is 18.2 Å². The molecule has 0 radical (unpaired) electrons. The molecule has 1 amide bonds. The molecule has 0 fully saturated rings. The minimum absolute atomic E-state index is 0.0212. The number of amides is 1. The first kappa shape index (κ1) is 14.0. The number of benzene rings is 1. The summed E-state index contributed by atoms with van der Waals surface area (Å²) in [5, 5.41) is 11.5. The minimum atomic E-state index is -0.888. The van der Waals surface area contributed by atoms with Crippen LogP contribution in [0.1, 0.15) is 24.8 Å². The average Bonchev–Trinajstić information content (AvgIpc) is 2.34. The number of ether oxygens (including phenoxy) is 1. The third-order valence-electron chi connectivity index (χ3n) is 2.61. The number of carboxylic acids is 1. The van der Waals surface area contributed by atoms with Gasteiger partial charge in [-0.1, -0.05) is 12.1 Å². The fraction of sp³-hybridized carbons (Fsp3) is 0.385. The smallest absolute Gasteiger partial charge is 0.304 e. The molecule has 0 heterocycles. The van der Waals surface area contributed by atoms with Crippen molar-refractivity contribution in [1.29, 1.82) is 0 Å². The third kappa shape index (κ3) is 4.45. The van der Waals surface area contributed by atoms with E-state index < -0.39 is 5.97 Å². The van der Waals surface area contributed by atoms with Gasteiger partial charge in [-0.05, 0) is 17.7 Å². The molecule has 1 aromatic rings. The van der Waals surface area contributed by atoms with Crippen LogP contribution in [0.25, 0.3) is 0 Å². The number of aliphatic carboxylic acids is 1. The second-order valence-electron chi connectivity index (χ2n) is 4.01. The Bertz CT molecular complexity index is 414. The van der Waals surface area contributed by atoms with Crippen molar-refractivity contribution in [1.82, 2.24) is 5.32 Å². The molecule has 1 aromatic carbocycles. The Kier molecular flexibility index (Phi) is 5.17. The Hall–Kier alpha value is -2.04. The Morgan fingerprint density at radius 3 is 2.39 bits per heavy atom. The van der Waals surface area contributed by atoms with Gasteiger partial charge in [0.1, 0.15) is 5.75 Å². The SMILES string of the molecule is COc1ccc(C(CNC(C)=O)CC(=O)O)cc1. The molecular weight excluding hydrogens is 234 g/mol. The van der Waals surface area contributed by atoms with E-state index in [1.165, 1.54) is 6.92 Å². The quantitative estimate of drug-likeness (QED) is 0.801. The Balaban J connectivity index is 2.79. The largest absolute Gasteiger partial charge is 0.497 e. The number of hydrogen-bond acceptors (Lipinski definition) is 3. The van der Waals surface area contributed by atoms with E-state index in [1.807, 2.05) is 12.1 Å². The lowest BCUT2D eigenvalue weighted by Crippen LogP contribution is -2.27. The predicted molar refractivity (Wildman–Crippen MR) is 66.7 cm³/mol. The van der Waals surface area contributed by atoms with Crippen LogP contribution in [0.15, 0.2) is 24.3 Å². The molecule has 0 spiro atoms. The first-order valence-corrected chi connectivity index (χ1v) is 5.63. The van der Waals surface area contributed by atoms with Crippen LogP contribution in [0.5, 0.6) is 5.75 Å². The van der Waals surface area contributed by atoms with Crippen LogP contribution in [-0.4, -0.2) is 30.6 Å². The first-order valence-electron chi connectivity index (χ1n) is 5.63. The van der Waals surface area contributed by atoms with Crippen LogP contribution in [0.3, 0.4) is 0 Å². The summed E-state index contributed by atoms with van der Waals surface area (Å²) in [7, 11) is 1.57. The van der Waals surface area contributed by atoms with E-state index in [4.69, 9.17) is 9.84 Å². The number of nitrogens with one attached hydrogen (secondary N) is 1. The molecule has 1 unspecified atom stereocenters. The second-order valence-corrected chi connectivity index (χ2v) is 4.01. The lowest BCUT2D eigenvalue weighted by atomic mass is 9.95. The van der Waals surface area contributed by atoms with Gasteiger partial charge in [0, 0.05) is 19.4 Å². The number of carboxylic acid groups (broad SMARTS) is 1. The van der Waals surface area contributed by atoms with Crippen LogP contribution in [0.4, 0.5) is 0 Å². The van der Waals surface area contributed by atoms with E-state index in [0.717, 1.165) is 5.56 Å². The standard InChI is InChI=1S/C13H17NO4/c1-9(15)14-8-11(7-13(16)17)10-3-5-12(18-2)6-4-10/h3-6,11H,7-8H2,1-2H3,(H,14,15)(H,16,17). The van der Waals surface area contributed by atoms with Crippen LogP contribution in [-0.2, 0) is 9.59 Å². The topological polar surface area (TPSA) is 75.6 Å². The van der Waals surface area contributed by atoms with Gasteiger partial charge in [0.2, 0.25) is 5.91 Å². The molecule has 0 aliphatic heterocycles. The summed E-state index contributed by atoms with van der Waals surface area (Å²) in [5.41, 5.74) is 0.868. The van der Waals surface area contributed by atoms with E-state index >= 15 is 0 Å². The monoisotopic (exact) mass is 251 g/mol. The highest BCUT2D eigenvalue weighted by molar-refractivity contribution is 5.73. The third-order valence-corrected chi connectivity index (χ3v) is 2.61. The summed E-state index contributed by atoms with van der Waals surface area (Å²) in [5.74, 6) is -0.579. The normalized spacial score (nSPS) is 11.7. The molecule has 0 aliphatic rings. The molecule has 0 saturated heterocycles. The number of carbonyl (C=O) groups is 2. The maximum atomic E-state index is 10.9. The molecule has 5 heteroatoms. The van der Waals surface area contributed by atoms with Crippen molar-refractivity contribution >= 4 is 11.9 Å². The first-order chi connectivity index (χ1) is 8.52. The molecule has 1 rings (SSSR count). The fourth-order valence-electron chi connectivity index (χ4n) is 1.66. The Morgan fingerprint density at radius 1 is 1.33 bits per heavy atom. The van der Waals surface area contributed by atoms with Crippen molar-refractivity contribution in [3.05, 3.63) is 29.8 Å². The van der Waals surface area contributed by atoms with Crippen molar-refractivity contribution in [2.45, 2.75) is 19.3 Å². The molecule has 0 saturated carbocycles. The summed E-state index contributed by atoms with van der Waals surface area (Å²) in [6.07, 6.45) is -0.0212. The maximum Gasteiger partial charge on any atom is 0.304 e. The minimum Gasteiger partial charge on any atom is -0.497 e. The highest BCUT2D eigenvalue weighted by Crippen LogP contribution is 2.21. The number of methoxy groups -OCH3 is 1. The zero-order valence-electron chi connectivity index (χ0n) is 10.5. The van der Waals surface area contributed by atoms with Crippen LogP contribution in [0, 0.1) is 0 Å². The van der Waals surface area contributed by atoms with Crippen LogP contribution < -0.4 is 10.1 Å². The number of rotatable bonds is 6. The second kappa shape index (κ2) is 6.64. The molecule has 0 bridgehead atoms. The van der Waals surface area contributed by atoms with Crippen LogP contribution in [0.2, 0.25) is 0 Å². The van der Waals surface area contributed by atoms with Gasteiger partial charge in [-0.25, -0.2) is 0 Å². The zero-order chi connectivity index (χ0) is 13.5. The predicted octanol–water partition coefficient (Wildman–Crippen LogP) is 1.39. The zero-order valence-corrected chi connectivity index (χ0v) is 10.5. The Morgan fingerprint density at radius 2 is 1.94 bits per heavy atom. The van der Waals surface area contributed by atoms with Crippen molar-refractivity contribution < 1.29 is 19.4 Å². The van der Waals surface area contributed by atoms with E-state index in [1.54, 1.807) is 19.2 Å². The lowest BCUT2D eigenvalue weighted by Gasteiger charge is -2.16. The van der Waals surface area contributed by atoms with Gasteiger partial charge in [-0.15, -0.1) is 0 Å². The molecule has 18 heavy (non-hydrogen) atoms. The molecule has 1 atom stereocenters. The number of carbonyl (C=O) groups excluding carboxylic acids is 1. The van der Waals surface area contributed by atoms with Gasteiger partial charge < -0.3 is 15.2 Å². The van der Waals surface area contributed by atoms with Crippen molar-refractivity contribution in [3.8, 4) is 5.75 Å². The van der Waals surface area contributed by atoms with Gasteiger partial charge in [0.05, 0.1) is 13.5 Å². The molecule has 0 aliphatic carbocycles. The van der Waals surface area contributed by atoms with Crippen molar-refractivity contribution in [2.24, 2.45) is 0 Å². The molecule has 0 aromatic heterocycles. The van der Waals surface area contributed by atoms with Gasteiger partial charge in [-0.3, -0.25) is 9.59 Å². The summed E-state index contributed by atoms with van der Waals surface area (Å²) in [6, 6.07) is 7.18. The summed E-state index contributed by atoms with van der Waals surface area (Å²) < 4.78 is 5.04. The molecule has 98 valence electrons. The Labute approximate surface area is 106 Å². The van der Waals surface area contributed by atoms with Crippen molar-refractivity contribution in [2.75, 3.05) is 13.7 Å². The van der Waals surface area contributed by atoms with Gasteiger partial charge in [0.25, 0.3) is 0 Å². The van der Waals surface area contributed by atoms with Gasteiger partial charge in [0.15, 0.2) is 0 Å². The highest BCUT2D eigenvalue weighted by Gasteiger charge is 2.16. The van der Waals surface area contributed by atoms with E-state index in [2.05, 4.69) is 5.32 Å². The number of hydrogen-bond donors (Lipinski definition) is 2. The molecular formula is C13H17NO4. The highest BCUT2D eigenvalue weighted by atomic mass is 16.5. The van der Waals surface area contributed by atoms with Gasteiger partial charge >= 0.3 is 5.97 Å². The molecule has 2 N–H and O–H groups in total. The summed E-state index contributed by atoms with van der Waals surface area (Å²) in [4.78, 5) is 21.7. The maximum absolute atomic E-state index is 10.9. The van der Waals surface area contributed by atoms with Crippen molar-refractivity contribution in [3.63, 3.8) is 0 Å². The van der Waals surface area contributed by atoms with Gasteiger partial charge in [-0.2, -0.15) is 0 Å². The van der Waals surface area contributed by atoms with Crippen LogP contribution >= 0.6 is 0 Å². The van der Waals surface area contributed by atoms with E-state index in [0.29, 0.717) is 12.3 Å². The molecule has 5 nitrogen and oxygen atoms in total. The summed E-state index contributed by atoms with van der Waals surface area (Å²) in [6.45, 7) is 1.72.